The van der Waals surface area contributed by atoms with E-state index in [2.05, 4.69) is 16.8 Å². The topological polar surface area (TPSA) is 28.7 Å². The maximum absolute atomic E-state index is 3.85. The molecule has 0 aliphatic carbocycles. The highest BCUT2D eigenvalue weighted by Crippen LogP contribution is 2.18. The van der Waals surface area contributed by atoms with E-state index in [0.29, 0.717) is 0 Å². The molecule has 62 valence electrons. The number of nitrogens with zero attached hydrogens (tertiary/aromatic N) is 1. The Morgan fingerprint density at radius 1 is 1.64 bits per heavy atom. The Hall–Kier alpha value is -0.700. The molecule has 0 aliphatic heterocycles. The van der Waals surface area contributed by atoms with E-state index in [9.17, 15) is 0 Å². The third kappa shape index (κ3) is 3.28. The molecule has 1 N–H and O–H groups in total. The SMILES string of the molecule is C=CSc1[nH]ncc1C.CC. The van der Waals surface area contributed by atoms with Crippen molar-refractivity contribution in [1.82, 2.24) is 10.2 Å². The fourth-order valence-corrected chi connectivity index (χ4v) is 1.05. The summed E-state index contributed by atoms with van der Waals surface area (Å²) in [6, 6.07) is 0. The summed E-state index contributed by atoms with van der Waals surface area (Å²) in [4.78, 5) is 0. The van der Waals surface area contributed by atoms with Crippen LogP contribution in [0.3, 0.4) is 0 Å². The zero-order chi connectivity index (χ0) is 8.69. The molecule has 3 heteroatoms. The molecular weight excluding hydrogens is 156 g/mol. The van der Waals surface area contributed by atoms with Gasteiger partial charge in [0, 0.05) is 5.56 Å². The molecule has 0 spiro atoms. The lowest BCUT2D eigenvalue weighted by Gasteiger charge is -1.88. The Morgan fingerprint density at radius 3 is 2.64 bits per heavy atom. The lowest BCUT2D eigenvalue weighted by atomic mass is 10.4. The standard InChI is InChI=1S/C6H8N2S.C2H6/c1-3-9-6-5(2)4-7-8-6;1-2/h3-4H,1H2,2H3,(H,7,8);1-2H3. The Morgan fingerprint density at radius 2 is 2.27 bits per heavy atom. The van der Waals surface area contributed by atoms with Gasteiger partial charge in [0.05, 0.1) is 11.2 Å². The first kappa shape index (κ1) is 10.3. The summed E-state index contributed by atoms with van der Waals surface area (Å²) in [6.07, 6.45) is 1.80. The van der Waals surface area contributed by atoms with E-state index in [0.717, 1.165) is 5.03 Å². The van der Waals surface area contributed by atoms with E-state index in [1.54, 1.807) is 23.4 Å². The molecule has 0 saturated carbocycles. The van der Waals surface area contributed by atoms with Crippen LogP contribution in [0.15, 0.2) is 23.2 Å². The second kappa shape index (κ2) is 6.04. The predicted molar refractivity (Wildman–Crippen MR) is 50.7 cm³/mol. The van der Waals surface area contributed by atoms with Crippen LogP contribution in [-0.4, -0.2) is 10.2 Å². The largest absolute Gasteiger partial charge is 0.271 e. The minimum Gasteiger partial charge on any atom is -0.271 e. The Kier molecular flexibility index (Phi) is 5.65. The third-order valence-corrected chi connectivity index (χ3v) is 1.80. The molecule has 1 rings (SSSR count). The van der Waals surface area contributed by atoms with Crippen molar-refractivity contribution in [2.75, 3.05) is 0 Å². The first-order valence-corrected chi connectivity index (χ1v) is 4.50. The highest BCUT2D eigenvalue weighted by atomic mass is 32.2. The maximum Gasteiger partial charge on any atom is 0.0978 e. The number of nitrogens with one attached hydrogen (secondary N) is 1. The van der Waals surface area contributed by atoms with Crippen LogP contribution in [0, 0.1) is 6.92 Å². The van der Waals surface area contributed by atoms with Crippen molar-refractivity contribution >= 4 is 11.8 Å². The van der Waals surface area contributed by atoms with Gasteiger partial charge >= 0.3 is 0 Å². The molecule has 0 aliphatic rings. The lowest BCUT2D eigenvalue weighted by molar-refractivity contribution is 1.00. The lowest BCUT2D eigenvalue weighted by Crippen LogP contribution is -1.69. The van der Waals surface area contributed by atoms with Gasteiger partial charge < -0.3 is 0 Å². The molecule has 0 unspecified atom stereocenters. The van der Waals surface area contributed by atoms with Crippen LogP contribution in [0.4, 0.5) is 0 Å². The number of hydrogen-bond donors (Lipinski definition) is 1. The van der Waals surface area contributed by atoms with Crippen molar-refractivity contribution in [2.45, 2.75) is 25.8 Å². The number of aryl methyl sites for hydroxylation is 1. The summed E-state index contributed by atoms with van der Waals surface area (Å²) >= 11 is 1.55. The maximum atomic E-state index is 3.85. The van der Waals surface area contributed by atoms with Crippen LogP contribution in [-0.2, 0) is 0 Å². The summed E-state index contributed by atoms with van der Waals surface area (Å²) in [7, 11) is 0. The molecule has 0 atom stereocenters. The van der Waals surface area contributed by atoms with Gasteiger partial charge in [-0.3, -0.25) is 5.10 Å². The molecular formula is C8H14N2S. The predicted octanol–water partition coefficient (Wildman–Crippen LogP) is 2.98. The number of aromatic amines is 1. The second-order valence-electron chi connectivity index (χ2n) is 1.67. The van der Waals surface area contributed by atoms with E-state index in [4.69, 9.17) is 0 Å². The molecule has 0 bridgehead atoms. The minimum atomic E-state index is 1.07. The average Bonchev–Trinajstić information content (AvgIpc) is 2.42. The highest BCUT2D eigenvalue weighted by Gasteiger charge is 1.95. The Bertz CT molecular complexity index is 206. The van der Waals surface area contributed by atoms with Gasteiger partial charge in [-0.05, 0) is 12.3 Å². The number of hydrogen-bond acceptors (Lipinski definition) is 2. The highest BCUT2D eigenvalue weighted by molar-refractivity contribution is 8.02. The van der Waals surface area contributed by atoms with Gasteiger partial charge in [0.1, 0.15) is 0 Å². The van der Waals surface area contributed by atoms with Crippen LogP contribution in [0.1, 0.15) is 19.4 Å². The quantitative estimate of drug-likeness (QED) is 0.691. The first-order valence-electron chi connectivity index (χ1n) is 3.62. The normalized spacial score (nSPS) is 8.27. The van der Waals surface area contributed by atoms with Gasteiger partial charge in [0.2, 0.25) is 0 Å². The summed E-state index contributed by atoms with van der Waals surface area (Å²) in [5, 5.41) is 9.55. The zero-order valence-electron chi connectivity index (χ0n) is 7.22. The third-order valence-electron chi connectivity index (χ3n) is 0.984. The molecule has 0 aromatic carbocycles. The number of H-pyrrole nitrogens is 1. The van der Waals surface area contributed by atoms with Crippen molar-refractivity contribution in [3.05, 3.63) is 23.7 Å². The van der Waals surface area contributed by atoms with Crippen LogP contribution in [0.2, 0.25) is 0 Å². The molecule has 1 heterocycles. The molecule has 0 fully saturated rings. The molecule has 0 amide bonds. The Labute approximate surface area is 72.1 Å². The van der Waals surface area contributed by atoms with Crippen molar-refractivity contribution in [2.24, 2.45) is 0 Å². The van der Waals surface area contributed by atoms with Crippen molar-refractivity contribution in [1.29, 1.82) is 0 Å². The summed E-state index contributed by atoms with van der Waals surface area (Å²) in [6.45, 7) is 9.60. The first-order chi connectivity index (χ1) is 5.34. The van der Waals surface area contributed by atoms with E-state index in [1.807, 2.05) is 20.8 Å². The summed E-state index contributed by atoms with van der Waals surface area (Å²) in [5.41, 5.74) is 1.17. The molecule has 0 saturated heterocycles. The van der Waals surface area contributed by atoms with Crippen LogP contribution in [0.25, 0.3) is 0 Å². The molecule has 1 aromatic rings. The van der Waals surface area contributed by atoms with Crippen LogP contribution >= 0.6 is 11.8 Å². The number of thioether (sulfide) groups is 1. The minimum absolute atomic E-state index is 1.07. The summed E-state index contributed by atoms with van der Waals surface area (Å²) < 4.78 is 0. The van der Waals surface area contributed by atoms with Gasteiger partial charge in [0.25, 0.3) is 0 Å². The number of aromatic nitrogens is 2. The van der Waals surface area contributed by atoms with Gasteiger partial charge in [-0.2, -0.15) is 5.10 Å². The van der Waals surface area contributed by atoms with E-state index < -0.39 is 0 Å². The number of rotatable bonds is 2. The molecule has 1 aromatic heterocycles. The monoisotopic (exact) mass is 170 g/mol. The molecule has 11 heavy (non-hydrogen) atoms. The van der Waals surface area contributed by atoms with Crippen molar-refractivity contribution in [3.63, 3.8) is 0 Å². The fourth-order valence-electron chi connectivity index (χ4n) is 0.537. The Balaban J connectivity index is 0.000000461. The van der Waals surface area contributed by atoms with Crippen LogP contribution in [0.5, 0.6) is 0 Å². The van der Waals surface area contributed by atoms with E-state index in [1.165, 1.54) is 5.56 Å². The molecule has 0 radical (unpaired) electrons. The van der Waals surface area contributed by atoms with Crippen LogP contribution < -0.4 is 0 Å². The van der Waals surface area contributed by atoms with Gasteiger partial charge in [-0.25, -0.2) is 0 Å². The smallest absolute Gasteiger partial charge is 0.0978 e. The van der Waals surface area contributed by atoms with Crippen molar-refractivity contribution < 1.29 is 0 Å². The average molecular weight is 170 g/mol. The molecule has 2 nitrogen and oxygen atoms in total. The fraction of sp³-hybridized carbons (Fsp3) is 0.375. The van der Waals surface area contributed by atoms with E-state index in [-0.39, 0.29) is 0 Å². The second-order valence-corrected chi connectivity index (χ2v) is 2.64. The van der Waals surface area contributed by atoms with Gasteiger partial charge in [-0.1, -0.05) is 32.2 Å². The summed E-state index contributed by atoms with van der Waals surface area (Å²) in [5.74, 6) is 0. The van der Waals surface area contributed by atoms with Gasteiger partial charge in [0.15, 0.2) is 0 Å². The van der Waals surface area contributed by atoms with E-state index >= 15 is 0 Å². The zero-order valence-corrected chi connectivity index (χ0v) is 8.03. The van der Waals surface area contributed by atoms with Crippen molar-refractivity contribution in [3.8, 4) is 0 Å². The van der Waals surface area contributed by atoms with Gasteiger partial charge in [-0.15, -0.1) is 0 Å².